The molecule has 0 aromatic carbocycles. The molecule has 0 spiro atoms. The van der Waals surface area contributed by atoms with E-state index < -0.39 is 6.29 Å². The van der Waals surface area contributed by atoms with Gasteiger partial charge in [0.1, 0.15) is 0 Å². The molecule has 0 aromatic rings. The first kappa shape index (κ1) is 6.88. The highest BCUT2D eigenvalue weighted by molar-refractivity contribution is 4.20. The van der Waals surface area contributed by atoms with Gasteiger partial charge < -0.3 is 4.74 Å². The second-order valence-corrected chi connectivity index (χ2v) is 1.13. The maximum Gasteiger partial charge on any atom is 0.188 e. The first-order valence-corrected chi connectivity index (χ1v) is 2.23. The fraction of sp³-hybridized carbons (Fsp3) is 1.00. The Labute approximate surface area is 42.8 Å². The van der Waals surface area contributed by atoms with E-state index in [4.69, 9.17) is 9.99 Å². The normalized spacial score (nSPS) is 14.1. The summed E-state index contributed by atoms with van der Waals surface area (Å²) in [4.78, 5) is 3.77. The number of ether oxygens (including phenoxy) is 1. The molecule has 3 heteroatoms. The lowest BCUT2D eigenvalue weighted by atomic mass is 10.7. The molecule has 0 saturated heterocycles. The van der Waals surface area contributed by atoms with E-state index in [9.17, 15) is 0 Å². The summed E-state index contributed by atoms with van der Waals surface area (Å²) in [5, 5.41) is 7.84. The monoisotopic (exact) mass is 106 g/mol. The topological polar surface area (TPSA) is 38.7 Å². The van der Waals surface area contributed by atoms with Crippen molar-refractivity contribution in [2.75, 3.05) is 6.61 Å². The van der Waals surface area contributed by atoms with Crippen LogP contribution in [0.4, 0.5) is 0 Å². The minimum Gasteiger partial charge on any atom is -0.350 e. The van der Waals surface area contributed by atoms with Crippen LogP contribution < -0.4 is 0 Å². The van der Waals surface area contributed by atoms with E-state index >= 15 is 0 Å². The molecule has 0 fully saturated rings. The summed E-state index contributed by atoms with van der Waals surface area (Å²) in [5.41, 5.74) is 0. The molecule has 0 aliphatic rings. The van der Waals surface area contributed by atoms with E-state index in [1.54, 1.807) is 6.92 Å². The minimum atomic E-state index is -0.495. The molecule has 0 aromatic heterocycles. The predicted octanol–water partition coefficient (Wildman–Crippen LogP) is 0.859. The third-order valence-electron chi connectivity index (χ3n) is 0.550. The van der Waals surface area contributed by atoms with E-state index in [1.807, 2.05) is 6.92 Å². The van der Waals surface area contributed by atoms with E-state index in [0.717, 1.165) is 0 Å². The Morgan fingerprint density at radius 1 is 1.71 bits per heavy atom. The Kier molecular flexibility index (Phi) is 3.98. The summed E-state index contributed by atoms with van der Waals surface area (Å²) in [5.74, 6) is 0. The lowest BCUT2D eigenvalue weighted by molar-refractivity contribution is -0.338. The molecule has 0 radical (unpaired) electrons. The fourth-order valence-corrected chi connectivity index (χ4v) is 0.265. The first-order chi connectivity index (χ1) is 3.31. The summed E-state index contributed by atoms with van der Waals surface area (Å²) >= 11 is 0. The zero-order valence-electron chi connectivity index (χ0n) is 4.55. The van der Waals surface area contributed by atoms with E-state index in [1.165, 1.54) is 0 Å². The maximum absolute atomic E-state index is 7.84. The van der Waals surface area contributed by atoms with Gasteiger partial charge >= 0.3 is 0 Å². The van der Waals surface area contributed by atoms with Crippen molar-refractivity contribution in [1.29, 1.82) is 0 Å². The Balaban J connectivity index is 2.83. The first-order valence-electron chi connectivity index (χ1n) is 2.23. The van der Waals surface area contributed by atoms with Gasteiger partial charge in [0.05, 0.1) is 0 Å². The van der Waals surface area contributed by atoms with Crippen LogP contribution in [0.3, 0.4) is 0 Å². The number of hydrogen-bond acceptors (Lipinski definition) is 3. The van der Waals surface area contributed by atoms with Crippen LogP contribution in [0, 0.1) is 0 Å². The average Bonchev–Trinajstić information content (AvgIpc) is 1.68. The van der Waals surface area contributed by atoms with Crippen LogP contribution >= 0.6 is 0 Å². The quantitative estimate of drug-likeness (QED) is 0.329. The standard InChI is InChI=1S/C4H10O3/c1-3-6-4(2)7-5/h4-5H,3H2,1-2H3. The van der Waals surface area contributed by atoms with Crippen molar-refractivity contribution in [2.24, 2.45) is 0 Å². The van der Waals surface area contributed by atoms with Gasteiger partial charge in [0.2, 0.25) is 0 Å². The van der Waals surface area contributed by atoms with Crippen LogP contribution in [0.15, 0.2) is 0 Å². The molecule has 1 atom stereocenters. The van der Waals surface area contributed by atoms with Gasteiger partial charge in [0, 0.05) is 6.61 Å². The zero-order valence-corrected chi connectivity index (χ0v) is 4.55. The largest absolute Gasteiger partial charge is 0.350 e. The molecular weight excluding hydrogens is 96.0 g/mol. The SMILES string of the molecule is CCOC(C)OO. The van der Waals surface area contributed by atoms with E-state index in [-0.39, 0.29) is 0 Å². The Morgan fingerprint density at radius 2 is 2.29 bits per heavy atom. The van der Waals surface area contributed by atoms with Crippen molar-refractivity contribution in [3.8, 4) is 0 Å². The molecule has 0 rings (SSSR count). The van der Waals surface area contributed by atoms with Gasteiger partial charge in [0.25, 0.3) is 0 Å². The van der Waals surface area contributed by atoms with Gasteiger partial charge in [-0.25, -0.2) is 10.1 Å². The summed E-state index contributed by atoms with van der Waals surface area (Å²) in [6.07, 6.45) is -0.495. The lowest BCUT2D eigenvalue weighted by Crippen LogP contribution is -2.09. The molecular formula is C4H10O3. The van der Waals surface area contributed by atoms with Crippen molar-refractivity contribution in [2.45, 2.75) is 20.1 Å². The van der Waals surface area contributed by atoms with Crippen molar-refractivity contribution in [3.05, 3.63) is 0 Å². The molecule has 0 saturated carbocycles. The third kappa shape index (κ3) is 3.72. The summed E-state index contributed by atoms with van der Waals surface area (Å²) < 4.78 is 4.72. The summed E-state index contributed by atoms with van der Waals surface area (Å²) in [6.45, 7) is 4.00. The van der Waals surface area contributed by atoms with Gasteiger partial charge in [0.15, 0.2) is 6.29 Å². The van der Waals surface area contributed by atoms with Gasteiger partial charge in [-0.1, -0.05) is 0 Å². The van der Waals surface area contributed by atoms with Crippen LogP contribution in [0.25, 0.3) is 0 Å². The minimum absolute atomic E-state index is 0.495. The maximum atomic E-state index is 7.84. The van der Waals surface area contributed by atoms with Gasteiger partial charge in [-0.3, -0.25) is 0 Å². The van der Waals surface area contributed by atoms with Crippen molar-refractivity contribution >= 4 is 0 Å². The molecule has 1 N–H and O–H groups in total. The van der Waals surface area contributed by atoms with Crippen molar-refractivity contribution in [3.63, 3.8) is 0 Å². The molecule has 0 bridgehead atoms. The highest BCUT2D eigenvalue weighted by Gasteiger charge is 1.94. The Bertz CT molecular complexity index is 37.9. The van der Waals surface area contributed by atoms with E-state index in [2.05, 4.69) is 4.89 Å². The van der Waals surface area contributed by atoms with Crippen LogP contribution in [0.2, 0.25) is 0 Å². The van der Waals surface area contributed by atoms with Crippen LogP contribution in [-0.4, -0.2) is 18.2 Å². The Morgan fingerprint density at radius 3 is 2.43 bits per heavy atom. The molecule has 7 heavy (non-hydrogen) atoms. The van der Waals surface area contributed by atoms with Gasteiger partial charge in [-0.2, -0.15) is 0 Å². The molecule has 0 aliphatic heterocycles. The van der Waals surface area contributed by atoms with Gasteiger partial charge in [-0.15, -0.1) is 0 Å². The fourth-order valence-electron chi connectivity index (χ4n) is 0.265. The third-order valence-corrected chi connectivity index (χ3v) is 0.550. The molecule has 44 valence electrons. The van der Waals surface area contributed by atoms with Gasteiger partial charge in [-0.05, 0) is 13.8 Å². The highest BCUT2D eigenvalue weighted by Crippen LogP contribution is 1.86. The average molecular weight is 106 g/mol. The van der Waals surface area contributed by atoms with E-state index in [0.29, 0.717) is 6.61 Å². The molecule has 3 nitrogen and oxygen atoms in total. The predicted molar refractivity (Wildman–Crippen MR) is 24.8 cm³/mol. The summed E-state index contributed by atoms with van der Waals surface area (Å²) in [7, 11) is 0. The summed E-state index contributed by atoms with van der Waals surface area (Å²) in [6, 6.07) is 0. The molecule has 1 unspecified atom stereocenters. The molecule has 0 heterocycles. The Hall–Kier alpha value is -0.120. The van der Waals surface area contributed by atoms with Crippen LogP contribution in [0.1, 0.15) is 13.8 Å². The highest BCUT2D eigenvalue weighted by atomic mass is 17.1. The lowest BCUT2D eigenvalue weighted by Gasteiger charge is -2.04. The molecule has 0 amide bonds. The second-order valence-electron chi connectivity index (χ2n) is 1.13. The number of hydrogen-bond donors (Lipinski definition) is 1. The van der Waals surface area contributed by atoms with Crippen LogP contribution in [0.5, 0.6) is 0 Å². The van der Waals surface area contributed by atoms with Crippen molar-refractivity contribution < 1.29 is 14.9 Å². The van der Waals surface area contributed by atoms with Crippen LogP contribution in [-0.2, 0) is 9.62 Å². The smallest absolute Gasteiger partial charge is 0.188 e. The molecule has 0 aliphatic carbocycles. The zero-order chi connectivity index (χ0) is 5.70. The second kappa shape index (κ2) is 4.05. The van der Waals surface area contributed by atoms with Crippen molar-refractivity contribution in [1.82, 2.24) is 0 Å². The number of rotatable bonds is 3.